The molecule has 0 saturated heterocycles. The second-order valence-corrected chi connectivity index (χ2v) is 7.47. The van der Waals surface area contributed by atoms with Crippen molar-refractivity contribution in [1.29, 1.82) is 0 Å². The molecule has 6 heteroatoms. The number of sulfonamides is 1. The molecule has 1 fully saturated rings. The molecule has 0 aliphatic heterocycles. The third-order valence-corrected chi connectivity index (χ3v) is 6.01. The number of halogens is 1. The molecule has 112 valence electrons. The average Bonchev–Trinajstić information content (AvgIpc) is 2.42. The van der Waals surface area contributed by atoms with Crippen LogP contribution in [0.15, 0.2) is 23.1 Å². The predicted octanol–water partition coefficient (Wildman–Crippen LogP) is 2.48. The van der Waals surface area contributed by atoms with Crippen molar-refractivity contribution < 1.29 is 13.5 Å². The fourth-order valence-corrected chi connectivity index (χ4v) is 4.43. The normalized spacial score (nSPS) is 23.8. The van der Waals surface area contributed by atoms with Crippen molar-refractivity contribution in [1.82, 2.24) is 4.72 Å². The lowest BCUT2D eigenvalue weighted by atomic mass is 9.87. The first kappa shape index (κ1) is 15.8. The number of nitrogens with one attached hydrogen (secondary N) is 1. The summed E-state index contributed by atoms with van der Waals surface area (Å²) < 4.78 is 27.6. The number of benzene rings is 1. The number of aliphatic hydroxyl groups is 1. The van der Waals surface area contributed by atoms with Crippen LogP contribution in [0, 0.1) is 12.8 Å². The van der Waals surface area contributed by atoms with Gasteiger partial charge in [-0.25, -0.2) is 13.1 Å². The summed E-state index contributed by atoms with van der Waals surface area (Å²) in [5, 5.41) is 9.56. The Morgan fingerprint density at radius 2 is 1.95 bits per heavy atom. The minimum atomic E-state index is -3.53. The maximum absolute atomic E-state index is 12.4. The third kappa shape index (κ3) is 3.52. The summed E-state index contributed by atoms with van der Waals surface area (Å²) in [5.74, 6) is 0.309. The third-order valence-electron chi connectivity index (χ3n) is 3.93. The first-order valence-electron chi connectivity index (χ1n) is 6.82. The first-order valence-corrected chi connectivity index (χ1v) is 8.68. The zero-order valence-electron chi connectivity index (χ0n) is 11.5. The first-order chi connectivity index (χ1) is 9.44. The Balaban J connectivity index is 2.10. The van der Waals surface area contributed by atoms with Crippen LogP contribution in [0.2, 0.25) is 5.02 Å². The molecule has 0 aromatic heterocycles. The second kappa shape index (κ2) is 6.43. The number of hydrogen-bond donors (Lipinski definition) is 2. The Morgan fingerprint density at radius 1 is 1.30 bits per heavy atom. The van der Waals surface area contributed by atoms with Crippen molar-refractivity contribution in [3.63, 3.8) is 0 Å². The van der Waals surface area contributed by atoms with E-state index < -0.39 is 10.0 Å². The number of hydrogen-bond acceptors (Lipinski definition) is 3. The van der Waals surface area contributed by atoms with Crippen LogP contribution in [-0.2, 0) is 10.0 Å². The van der Waals surface area contributed by atoms with Crippen molar-refractivity contribution in [2.75, 3.05) is 6.61 Å². The minimum absolute atomic E-state index is 0.0545. The van der Waals surface area contributed by atoms with Gasteiger partial charge in [-0.2, -0.15) is 0 Å². The lowest BCUT2D eigenvalue weighted by Gasteiger charge is -2.28. The van der Waals surface area contributed by atoms with Gasteiger partial charge in [0.1, 0.15) is 0 Å². The van der Waals surface area contributed by atoms with Gasteiger partial charge in [0.25, 0.3) is 0 Å². The molecule has 1 aliphatic rings. The summed E-state index contributed by atoms with van der Waals surface area (Å²) >= 11 is 5.98. The smallest absolute Gasteiger partial charge is 0.241 e. The molecule has 0 radical (unpaired) electrons. The molecule has 0 bridgehead atoms. The fourth-order valence-electron chi connectivity index (χ4n) is 2.62. The highest BCUT2D eigenvalue weighted by atomic mass is 35.5. The van der Waals surface area contributed by atoms with E-state index in [2.05, 4.69) is 4.72 Å². The van der Waals surface area contributed by atoms with Crippen LogP contribution in [0.5, 0.6) is 0 Å². The van der Waals surface area contributed by atoms with Gasteiger partial charge in [0.2, 0.25) is 10.0 Å². The minimum Gasteiger partial charge on any atom is -0.396 e. The Morgan fingerprint density at radius 3 is 2.55 bits per heavy atom. The van der Waals surface area contributed by atoms with Crippen molar-refractivity contribution in [3.05, 3.63) is 28.8 Å². The van der Waals surface area contributed by atoms with Gasteiger partial charge >= 0.3 is 0 Å². The second-order valence-electron chi connectivity index (χ2n) is 5.38. The molecule has 1 aromatic carbocycles. The van der Waals surface area contributed by atoms with Crippen LogP contribution >= 0.6 is 11.6 Å². The van der Waals surface area contributed by atoms with Crippen molar-refractivity contribution in [3.8, 4) is 0 Å². The van der Waals surface area contributed by atoms with Crippen LogP contribution in [0.25, 0.3) is 0 Å². The summed E-state index contributed by atoms with van der Waals surface area (Å²) in [7, 11) is -3.53. The quantitative estimate of drug-likeness (QED) is 0.896. The lowest BCUT2D eigenvalue weighted by molar-refractivity contribution is 0.180. The monoisotopic (exact) mass is 317 g/mol. The summed E-state index contributed by atoms with van der Waals surface area (Å²) in [5.41, 5.74) is 0.575. The highest BCUT2D eigenvalue weighted by molar-refractivity contribution is 7.89. The van der Waals surface area contributed by atoms with Gasteiger partial charge in [0, 0.05) is 17.7 Å². The summed E-state index contributed by atoms with van der Waals surface area (Å²) in [6.07, 6.45) is 3.25. The highest BCUT2D eigenvalue weighted by Crippen LogP contribution is 2.27. The zero-order chi connectivity index (χ0) is 14.8. The van der Waals surface area contributed by atoms with E-state index in [1.807, 2.05) is 0 Å². The molecule has 1 aliphatic carbocycles. The van der Waals surface area contributed by atoms with Gasteiger partial charge < -0.3 is 5.11 Å². The molecular formula is C14H20ClNO3S. The Hall–Kier alpha value is -0.620. The summed E-state index contributed by atoms with van der Waals surface area (Å²) in [6.45, 7) is 1.90. The maximum atomic E-state index is 12.4. The maximum Gasteiger partial charge on any atom is 0.241 e. The Kier molecular flexibility index (Phi) is 5.07. The molecule has 2 rings (SSSR count). The molecule has 1 saturated carbocycles. The summed E-state index contributed by atoms with van der Waals surface area (Å²) in [4.78, 5) is 0.245. The van der Waals surface area contributed by atoms with E-state index in [1.165, 1.54) is 0 Å². The fraction of sp³-hybridized carbons (Fsp3) is 0.571. The van der Waals surface area contributed by atoms with Crippen molar-refractivity contribution in [2.45, 2.75) is 43.5 Å². The molecule has 0 amide bonds. The van der Waals surface area contributed by atoms with E-state index in [4.69, 9.17) is 16.7 Å². The molecule has 20 heavy (non-hydrogen) atoms. The number of rotatable bonds is 4. The van der Waals surface area contributed by atoms with E-state index in [9.17, 15) is 8.42 Å². The van der Waals surface area contributed by atoms with Crippen molar-refractivity contribution in [2.24, 2.45) is 5.92 Å². The van der Waals surface area contributed by atoms with Crippen LogP contribution in [-0.4, -0.2) is 26.2 Å². The van der Waals surface area contributed by atoms with Gasteiger partial charge in [-0.05, 0) is 56.2 Å². The highest BCUT2D eigenvalue weighted by Gasteiger charge is 2.26. The van der Waals surface area contributed by atoms with E-state index in [0.29, 0.717) is 16.5 Å². The Bertz CT molecular complexity index is 566. The van der Waals surface area contributed by atoms with Gasteiger partial charge in [-0.1, -0.05) is 17.7 Å². The largest absolute Gasteiger partial charge is 0.396 e. The van der Waals surface area contributed by atoms with Crippen molar-refractivity contribution >= 4 is 21.6 Å². The summed E-state index contributed by atoms with van der Waals surface area (Å²) in [6, 6.07) is 4.85. The predicted molar refractivity (Wildman–Crippen MR) is 79.3 cm³/mol. The van der Waals surface area contributed by atoms with Crippen LogP contribution in [0.1, 0.15) is 31.2 Å². The molecule has 2 N–H and O–H groups in total. The average molecular weight is 318 g/mol. The topological polar surface area (TPSA) is 66.4 Å². The van der Waals surface area contributed by atoms with Gasteiger partial charge in [0.15, 0.2) is 0 Å². The SMILES string of the molecule is Cc1c(Cl)cccc1S(=O)(=O)NC1CCC(CO)CC1. The van der Waals surface area contributed by atoms with Gasteiger partial charge in [-0.15, -0.1) is 0 Å². The molecule has 0 spiro atoms. The van der Waals surface area contributed by atoms with E-state index in [0.717, 1.165) is 25.7 Å². The van der Waals surface area contributed by atoms with Gasteiger partial charge in [0.05, 0.1) is 4.90 Å². The standard InChI is InChI=1S/C14H20ClNO3S/c1-10-13(15)3-2-4-14(10)20(18,19)16-12-7-5-11(9-17)6-8-12/h2-4,11-12,16-17H,5-9H2,1H3. The van der Waals surface area contributed by atoms with Crippen LogP contribution in [0.3, 0.4) is 0 Å². The lowest BCUT2D eigenvalue weighted by Crippen LogP contribution is -2.38. The van der Waals surface area contributed by atoms with E-state index >= 15 is 0 Å². The zero-order valence-corrected chi connectivity index (χ0v) is 13.0. The van der Waals surface area contributed by atoms with E-state index in [-0.39, 0.29) is 17.5 Å². The van der Waals surface area contributed by atoms with Gasteiger partial charge in [-0.3, -0.25) is 0 Å². The van der Waals surface area contributed by atoms with Crippen LogP contribution < -0.4 is 4.72 Å². The van der Waals surface area contributed by atoms with E-state index in [1.54, 1.807) is 25.1 Å². The van der Waals surface area contributed by atoms with Crippen LogP contribution in [0.4, 0.5) is 0 Å². The molecule has 1 aromatic rings. The Labute approximate surface area is 125 Å². The molecule has 0 unspecified atom stereocenters. The molecular weight excluding hydrogens is 298 g/mol. The molecule has 0 atom stereocenters. The molecule has 0 heterocycles. The molecule has 4 nitrogen and oxygen atoms in total. The number of aliphatic hydroxyl groups excluding tert-OH is 1.